The summed E-state index contributed by atoms with van der Waals surface area (Å²) in [6, 6.07) is 4.22. The summed E-state index contributed by atoms with van der Waals surface area (Å²) in [6.45, 7) is 0. The Morgan fingerprint density at radius 2 is 2.10 bits per heavy atom. The van der Waals surface area contributed by atoms with E-state index in [0.717, 1.165) is 17.4 Å². The first-order chi connectivity index (χ1) is 9.89. The van der Waals surface area contributed by atoms with Crippen LogP contribution in [0.3, 0.4) is 0 Å². The number of nitrogens with zero attached hydrogens (tertiary/aromatic N) is 1. The number of amides is 1. The average Bonchev–Trinajstić information content (AvgIpc) is 3.01. The van der Waals surface area contributed by atoms with Crippen molar-refractivity contribution < 1.29 is 18.0 Å². The Morgan fingerprint density at radius 3 is 2.76 bits per heavy atom. The number of H-pyrrole nitrogens is 1. The van der Waals surface area contributed by atoms with Crippen LogP contribution in [0.1, 0.15) is 16.1 Å². The highest BCUT2D eigenvalue weighted by atomic mass is 32.1. The molecule has 3 rings (SSSR count). The Kier molecular flexibility index (Phi) is 2.98. The number of fused-ring (bicyclic) bond motifs is 1. The van der Waals surface area contributed by atoms with Gasteiger partial charge in [0.25, 0.3) is 5.91 Å². The standard InChI is InChI=1S/C13H8F3N3OS/c14-13(15,16)6-3-5-21-11(6)8-9-7(2-1-4-18-9)19-10(8)12(17)20/h1-5,19H,(H2,17,20). The van der Waals surface area contributed by atoms with Gasteiger partial charge in [0, 0.05) is 11.8 Å². The maximum absolute atomic E-state index is 13.1. The van der Waals surface area contributed by atoms with Gasteiger partial charge in [-0.3, -0.25) is 9.78 Å². The van der Waals surface area contributed by atoms with E-state index >= 15 is 0 Å². The molecule has 0 aromatic carbocycles. The molecule has 4 nitrogen and oxygen atoms in total. The quantitative estimate of drug-likeness (QED) is 0.761. The summed E-state index contributed by atoms with van der Waals surface area (Å²) in [6.07, 6.45) is -3.06. The molecule has 21 heavy (non-hydrogen) atoms. The molecule has 0 radical (unpaired) electrons. The lowest BCUT2D eigenvalue weighted by molar-refractivity contribution is -0.136. The van der Waals surface area contributed by atoms with E-state index in [1.807, 2.05) is 0 Å². The van der Waals surface area contributed by atoms with Crippen molar-refractivity contribution in [3.63, 3.8) is 0 Å². The van der Waals surface area contributed by atoms with Crippen molar-refractivity contribution in [2.24, 2.45) is 5.73 Å². The van der Waals surface area contributed by atoms with Crippen molar-refractivity contribution in [1.82, 2.24) is 9.97 Å². The van der Waals surface area contributed by atoms with Crippen molar-refractivity contribution in [3.8, 4) is 10.4 Å². The molecule has 108 valence electrons. The number of aromatic amines is 1. The van der Waals surface area contributed by atoms with Crippen LogP contribution in [0.25, 0.3) is 21.5 Å². The number of primary amides is 1. The molecule has 1 amide bonds. The van der Waals surface area contributed by atoms with Crippen molar-refractivity contribution in [2.75, 3.05) is 0 Å². The highest BCUT2D eigenvalue weighted by Gasteiger charge is 2.36. The van der Waals surface area contributed by atoms with Crippen LogP contribution in [0, 0.1) is 0 Å². The van der Waals surface area contributed by atoms with Crippen LogP contribution in [-0.4, -0.2) is 15.9 Å². The summed E-state index contributed by atoms with van der Waals surface area (Å²) >= 11 is 0.893. The first-order valence-corrected chi connectivity index (χ1v) is 6.69. The molecule has 3 N–H and O–H groups in total. The number of carbonyl (C=O) groups excluding carboxylic acids is 1. The molecular weight excluding hydrogens is 303 g/mol. The molecule has 3 aromatic rings. The molecule has 0 aliphatic rings. The molecule has 0 spiro atoms. The van der Waals surface area contributed by atoms with Gasteiger partial charge in [0.05, 0.1) is 21.5 Å². The van der Waals surface area contributed by atoms with Gasteiger partial charge in [0.2, 0.25) is 0 Å². The monoisotopic (exact) mass is 311 g/mol. The molecule has 0 bridgehead atoms. The number of aromatic nitrogens is 2. The van der Waals surface area contributed by atoms with Gasteiger partial charge in [0.1, 0.15) is 5.69 Å². The molecule has 0 saturated carbocycles. The lowest BCUT2D eigenvalue weighted by Gasteiger charge is -2.08. The zero-order valence-corrected chi connectivity index (χ0v) is 11.2. The second-order valence-corrected chi connectivity index (χ2v) is 5.22. The minimum Gasteiger partial charge on any atom is -0.364 e. The third-order valence-corrected chi connectivity index (χ3v) is 3.93. The van der Waals surface area contributed by atoms with Crippen LogP contribution in [-0.2, 0) is 6.18 Å². The van der Waals surface area contributed by atoms with Gasteiger partial charge in [-0.25, -0.2) is 0 Å². The normalized spacial score (nSPS) is 12.0. The Labute approximate surface area is 120 Å². The van der Waals surface area contributed by atoms with Crippen LogP contribution in [0.4, 0.5) is 13.2 Å². The van der Waals surface area contributed by atoms with Crippen molar-refractivity contribution in [1.29, 1.82) is 0 Å². The van der Waals surface area contributed by atoms with E-state index in [1.165, 1.54) is 11.6 Å². The van der Waals surface area contributed by atoms with Gasteiger partial charge < -0.3 is 10.7 Å². The fourth-order valence-corrected chi connectivity index (χ4v) is 3.12. The molecule has 0 saturated heterocycles. The Balaban J connectivity index is 2.37. The minimum atomic E-state index is -4.51. The Morgan fingerprint density at radius 1 is 1.33 bits per heavy atom. The molecule has 3 heterocycles. The maximum Gasteiger partial charge on any atom is 0.417 e. The molecule has 0 aliphatic carbocycles. The number of alkyl halides is 3. The first-order valence-electron chi connectivity index (χ1n) is 5.81. The van der Waals surface area contributed by atoms with Crippen LogP contribution >= 0.6 is 11.3 Å². The van der Waals surface area contributed by atoms with Crippen LogP contribution < -0.4 is 5.73 Å². The minimum absolute atomic E-state index is 0.0683. The summed E-state index contributed by atoms with van der Waals surface area (Å²) in [4.78, 5) is 18.3. The molecular formula is C13H8F3N3OS. The van der Waals surface area contributed by atoms with E-state index in [4.69, 9.17) is 5.73 Å². The third-order valence-electron chi connectivity index (χ3n) is 3.00. The van der Waals surface area contributed by atoms with Crippen LogP contribution in [0.2, 0.25) is 0 Å². The second-order valence-electron chi connectivity index (χ2n) is 4.30. The van der Waals surface area contributed by atoms with E-state index in [-0.39, 0.29) is 16.1 Å². The number of hydrogen-bond donors (Lipinski definition) is 2. The van der Waals surface area contributed by atoms with Crippen LogP contribution in [0.5, 0.6) is 0 Å². The number of halogens is 3. The predicted molar refractivity (Wildman–Crippen MR) is 72.9 cm³/mol. The highest BCUT2D eigenvalue weighted by molar-refractivity contribution is 7.14. The molecule has 3 aromatic heterocycles. The fraction of sp³-hybridized carbons (Fsp3) is 0.0769. The number of nitrogens with one attached hydrogen (secondary N) is 1. The van der Waals surface area contributed by atoms with E-state index in [9.17, 15) is 18.0 Å². The molecule has 0 fully saturated rings. The summed E-state index contributed by atoms with van der Waals surface area (Å²) in [7, 11) is 0. The van der Waals surface area contributed by atoms with Crippen molar-refractivity contribution >= 4 is 28.3 Å². The van der Waals surface area contributed by atoms with Crippen LogP contribution in [0.15, 0.2) is 29.8 Å². The third kappa shape index (κ3) is 2.17. The summed E-state index contributed by atoms with van der Waals surface area (Å²) in [5, 5.41) is 1.32. The molecule has 0 aliphatic heterocycles. The average molecular weight is 311 g/mol. The van der Waals surface area contributed by atoms with Gasteiger partial charge in [-0.2, -0.15) is 13.2 Å². The number of hydrogen-bond acceptors (Lipinski definition) is 3. The molecule has 0 unspecified atom stereocenters. The van der Waals surface area contributed by atoms with Gasteiger partial charge in [-0.1, -0.05) is 0 Å². The topological polar surface area (TPSA) is 71.8 Å². The zero-order valence-electron chi connectivity index (χ0n) is 10.4. The number of rotatable bonds is 2. The van der Waals surface area contributed by atoms with Gasteiger partial charge in [0.15, 0.2) is 0 Å². The molecule has 8 heteroatoms. The SMILES string of the molecule is NC(=O)c1[nH]c2cccnc2c1-c1sccc1C(F)(F)F. The Hall–Kier alpha value is -2.35. The second kappa shape index (κ2) is 4.59. The van der Waals surface area contributed by atoms with Gasteiger partial charge in [-0.05, 0) is 23.6 Å². The maximum atomic E-state index is 13.1. The number of thiophene rings is 1. The van der Waals surface area contributed by atoms with Crippen molar-refractivity contribution in [2.45, 2.75) is 6.18 Å². The summed E-state index contributed by atoms with van der Waals surface area (Å²) in [5.74, 6) is -0.829. The Bertz CT molecular complexity index is 835. The first kappa shape index (κ1) is 13.6. The summed E-state index contributed by atoms with van der Waals surface area (Å²) < 4.78 is 39.2. The lowest BCUT2D eigenvalue weighted by atomic mass is 10.1. The van der Waals surface area contributed by atoms with E-state index < -0.39 is 17.6 Å². The van der Waals surface area contributed by atoms with E-state index in [0.29, 0.717) is 11.0 Å². The highest BCUT2D eigenvalue weighted by Crippen LogP contribution is 2.43. The number of nitrogens with two attached hydrogens (primary N) is 1. The number of carbonyl (C=O) groups is 1. The molecule has 0 atom stereocenters. The van der Waals surface area contributed by atoms with Gasteiger partial charge in [-0.15, -0.1) is 11.3 Å². The van der Waals surface area contributed by atoms with E-state index in [1.54, 1.807) is 12.1 Å². The predicted octanol–water partition coefficient (Wildman–Crippen LogP) is 3.41. The van der Waals surface area contributed by atoms with Crippen molar-refractivity contribution in [3.05, 3.63) is 41.0 Å². The lowest BCUT2D eigenvalue weighted by Crippen LogP contribution is -2.13. The smallest absolute Gasteiger partial charge is 0.364 e. The van der Waals surface area contributed by atoms with E-state index in [2.05, 4.69) is 9.97 Å². The zero-order chi connectivity index (χ0) is 15.2. The largest absolute Gasteiger partial charge is 0.417 e. The summed E-state index contributed by atoms with van der Waals surface area (Å²) in [5.41, 5.74) is 5.24. The number of pyridine rings is 1. The van der Waals surface area contributed by atoms with Gasteiger partial charge >= 0.3 is 6.18 Å². The fourth-order valence-electron chi connectivity index (χ4n) is 2.15.